The van der Waals surface area contributed by atoms with Gasteiger partial charge in [0.05, 0.1) is 25.3 Å². The third-order valence-electron chi connectivity index (χ3n) is 4.92. The van der Waals surface area contributed by atoms with Gasteiger partial charge in [-0.15, -0.1) is 0 Å². The number of rotatable bonds is 8. The zero-order valence-corrected chi connectivity index (χ0v) is 16.3. The number of pyridine rings is 2. The molecule has 2 aromatic rings. The van der Waals surface area contributed by atoms with Crippen LogP contribution in [0.25, 0.3) is 0 Å². The van der Waals surface area contributed by atoms with Gasteiger partial charge in [-0.3, -0.25) is 19.7 Å². The van der Waals surface area contributed by atoms with Gasteiger partial charge in [0.15, 0.2) is 0 Å². The summed E-state index contributed by atoms with van der Waals surface area (Å²) in [7, 11) is 0. The fraction of sp³-hybridized carbons (Fsp3) is 0.476. The number of carbonyl (C=O) groups is 1. The van der Waals surface area contributed by atoms with E-state index in [9.17, 15) is 4.79 Å². The quantitative estimate of drug-likeness (QED) is 0.716. The van der Waals surface area contributed by atoms with E-state index in [2.05, 4.69) is 20.2 Å². The minimum Gasteiger partial charge on any atom is -0.492 e. The summed E-state index contributed by atoms with van der Waals surface area (Å²) >= 11 is 0. The van der Waals surface area contributed by atoms with Gasteiger partial charge < -0.3 is 15.2 Å². The van der Waals surface area contributed by atoms with Gasteiger partial charge in [0.1, 0.15) is 5.75 Å². The van der Waals surface area contributed by atoms with E-state index in [1.807, 2.05) is 31.2 Å². The molecule has 0 unspecified atom stereocenters. The average molecular weight is 384 g/mol. The Morgan fingerprint density at radius 3 is 2.82 bits per heavy atom. The van der Waals surface area contributed by atoms with Crippen LogP contribution < -0.4 is 10.1 Å². The normalized spacial score (nSPS) is 19.9. The number of likely N-dealkylation sites (tertiary alicyclic amines) is 1. The zero-order chi connectivity index (χ0) is 19.8. The van der Waals surface area contributed by atoms with Crippen molar-refractivity contribution < 1.29 is 14.6 Å². The molecule has 1 fully saturated rings. The van der Waals surface area contributed by atoms with E-state index in [-0.39, 0.29) is 30.9 Å². The van der Waals surface area contributed by atoms with Crippen molar-refractivity contribution in [2.24, 2.45) is 11.8 Å². The lowest BCUT2D eigenvalue weighted by Gasteiger charge is -2.37. The highest BCUT2D eigenvalue weighted by molar-refractivity contribution is 5.79. The van der Waals surface area contributed by atoms with Gasteiger partial charge in [-0.1, -0.05) is 0 Å². The fourth-order valence-corrected chi connectivity index (χ4v) is 3.57. The number of carbonyl (C=O) groups excluding carboxylic acids is 1. The van der Waals surface area contributed by atoms with Crippen molar-refractivity contribution in [1.82, 2.24) is 20.2 Å². The van der Waals surface area contributed by atoms with Gasteiger partial charge in [0.2, 0.25) is 5.91 Å². The monoisotopic (exact) mass is 384 g/mol. The van der Waals surface area contributed by atoms with Crippen molar-refractivity contribution in [3.8, 4) is 5.75 Å². The first-order chi connectivity index (χ1) is 13.6. The Bertz CT molecular complexity index is 739. The van der Waals surface area contributed by atoms with Crippen molar-refractivity contribution in [2.75, 3.05) is 32.8 Å². The molecule has 0 aliphatic carbocycles. The summed E-state index contributed by atoms with van der Waals surface area (Å²) in [4.78, 5) is 23.1. The van der Waals surface area contributed by atoms with Gasteiger partial charge in [-0.05, 0) is 43.2 Å². The molecule has 1 aliphatic rings. The Morgan fingerprint density at radius 1 is 1.29 bits per heavy atom. The summed E-state index contributed by atoms with van der Waals surface area (Å²) in [5.41, 5.74) is 2.13. The van der Waals surface area contributed by atoms with E-state index in [1.54, 1.807) is 18.6 Å². The molecule has 28 heavy (non-hydrogen) atoms. The first-order valence-electron chi connectivity index (χ1n) is 9.69. The lowest BCUT2D eigenvalue weighted by atomic mass is 9.88. The first kappa shape index (κ1) is 20.2. The van der Waals surface area contributed by atoms with Crippen LogP contribution in [0.15, 0.2) is 42.9 Å². The molecule has 2 atom stereocenters. The Labute approximate surface area is 165 Å². The summed E-state index contributed by atoms with van der Waals surface area (Å²) < 4.78 is 5.94. The van der Waals surface area contributed by atoms with Crippen molar-refractivity contribution in [2.45, 2.75) is 19.9 Å². The largest absolute Gasteiger partial charge is 0.492 e. The second-order valence-electron chi connectivity index (χ2n) is 7.31. The van der Waals surface area contributed by atoms with Gasteiger partial charge in [-0.25, -0.2) is 0 Å². The lowest BCUT2D eigenvalue weighted by Crippen LogP contribution is -2.47. The van der Waals surface area contributed by atoms with Crippen molar-refractivity contribution in [1.29, 1.82) is 0 Å². The maximum atomic E-state index is 12.5. The number of aromatic nitrogens is 2. The summed E-state index contributed by atoms with van der Waals surface area (Å²) in [6.45, 7) is 5.06. The number of nitrogens with one attached hydrogen (secondary N) is 1. The van der Waals surface area contributed by atoms with Crippen molar-refractivity contribution in [3.05, 3.63) is 54.1 Å². The molecule has 2 N–H and O–H groups in total. The van der Waals surface area contributed by atoms with Crippen molar-refractivity contribution in [3.63, 3.8) is 0 Å². The number of nitrogens with zero attached hydrogens (tertiary/aromatic N) is 3. The molecule has 0 radical (unpaired) electrons. The highest BCUT2D eigenvalue weighted by atomic mass is 16.5. The summed E-state index contributed by atoms with van der Waals surface area (Å²) in [6, 6.07) is 7.85. The van der Waals surface area contributed by atoms with Crippen LogP contribution in [-0.4, -0.2) is 58.7 Å². The van der Waals surface area contributed by atoms with E-state index < -0.39 is 0 Å². The van der Waals surface area contributed by atoms with Crippen LogP contribution >= 0.6 is 0 Å². The molecule has 1 amide bonds. The molecule has 150 valence electrons. The second-order valence-corrected chi connectivity index (χ2v) is 7.31. The molecule has 3 heterocycles. The lowest BCUT2D eigenvalue weighted by molar-refractivity contribution is -0.128. The number of ether oxygens (including phenoxy) is 1. The van der Waals surface area contributed by atoms with Crippen LogP contribution in [0.1, 0.15) is 17.7 Å². The molecule has 0 saturated carbocycles. The van der Waals surface area contributed by atoms with Crippen LogP contribution in [0, 0.1) is 18.8 Å². The minimum atomic E-state index is -0.119. The maximum Gasteiger partial charge on any atom is 0.224 e. The number of hydrogen-bond donors (Lipinski definition) is 2. The van der Waals surface area contributed by atoms with Crippen LogP contribution in [0.5, 0.6) is 5.75 Å². The smallest absolute Gasteiger partial charge is 0.224 e. The van der Waals surface area contributed by atoms with Crippen LogP contribution in [0.2, 0.25) is 0 Å². The maximum absolute atomic E-state index is 12.5. The van der Waals surface area contributed by atoms with E-state index in [4.69, 9.17) is 9.84 Å². The zero-order valence-electron chi connectivity index (χ0n) is 16.3. The molecule has 1 saturated heterocycles. The molecule has 0 aromatic carbocycles. The third kappa shape index (κ3) is 6.00. The van der Waals surface area contributed by atoms with Crippen LogP contribution in [0.4, 0.5) is 0 Å². The molecule has 2 aromatic heterocycles. The van der Waals surface area contributed by atoms with Crippen LogP contribution in [-0.2, 0) is 11.3 Å². The Morgan fingerprint density at radius 2 is 2.11 bits per heavy atom. The number of piperidine rings is 1. The van der Waals surface area contributed by atoms with Gasteiger partial charge in [0, 0.05) is 50.2 Å². The highest BCUT2D eigenvalue weighted by Crippen LogP contribution is 2.25. The molecule has 0 bridgehead atoms. The van der Waals surface area contributed by atoms with E-state index in [0.29, 0.717) is 13.2 Å². The predicted molar refractivity (Wildman–Crippen MR) is 106 cm³/mol. The van der Waals surface area contributed by atoms with Crippen LogP contribution in [0.3, 0.4) is 0 Å². The second kappa shape index (κ2) is 10.1. The first-order valence-corrected chi connectivity index (χ1v) is 9.69. The Balaban J connectivity index is 1.63. The van der Waals surface area contributed by atoms with E-state index in [1.165, 1.54) is 5.56 Å². The molecule has 1 aliphatic heterocycles. The van der Waals surface area contributed by atoms with Gasteiger partial charge in [0.25, 0.3) is 0 Å². The number of aryl methyl sites for hydroxylation is 1. The van der Waals surface area contributed by atoms with E-state index >= 15 is 0 Å². The topological polar surface area (TPSA) is 87.6 Å². The number of aliphatic hydroxyl groups is 1. The van der Waals surface area contributed by atoms with Gasteiger partial charge >= 0.3 is 0 Å². The SMILES string of the molecule is Cc1ccc(OC[C@H]2C[C@@H](C(=O)NCCO)CN(Cc3ccncc3)C2)cn1. The molecule has 0 spiro atoms. The van der Waals surface area contributed by atoms with Crippen molar-refractivity contribution >= 4 is 5.91 Å². The fourth-order valence-electron chi connectivity index (χ4n) is 3.57. The predicted octanol–water partition coefficient (Wildman–Crippen LogP) is 1.41. The molecule has 3 rings (SSSR count). The summed E-state index contributed by atoms with van der Waals surface area (Å²) in [5, 5.41) is 11.8. The molecular weight excluding hydrogens is 356 g/mol. The number of aliphatic hydroxyl groups excluding tert-OH is 1. The Hall–Kier alpha value is -2.51. The molecule has 7 nitrogen and oxygen atoms in total. The van der Waals surface area contributed by atoms with E-state index in [0.717, 1.165) is 31.0 Å². The standard InChI is InChI=1S/C21H28N4O3/c1-16-2-3-20(11-24-16)28-15-18-10-19(21(27)23-8-9-26)14-25(13-18)12-17-4-6-22-7-5-17/h2-7,11,18-19,26H,8-10,12-15H2,1H3,(H,23,27)/t18-,19+/m0/s1. The summed E-state index contributed by atoms with van der Waals surface area (Å²) in [5.74, 6) is 0.863. The number of hydrogen-bond acceptors (Lipinski definition) is 6. The molecular formula is C21H28N4O3. The summed E-state index contributed by atoms with van der Waals surface area (Å²) in [6.07, 6.45) is 6.08. The average Bonchev–Trinajstić information content (AvgIpc) is 2.72. The Kier molecular flexibility index (Phi) is 7.33. The highest BCUT2D eigenvalue weighted by Gasteiger charge is 2.32. The minimum absolute atomic E-state index is 0.00418. The number of amides is 1. The molecule has 7 heteroatoms. The third-order valence-corrected chi connectivity index (χ3v) is 4.92. The van der Waals surface area contributed by atoms with Gasteiger partial charge in [-0.2, -0.15) is 0 Å².